The van der Waals surface area contributed by atoms with Crippen molar-refractivity contribution in [3.63, 3.8) is 0 Å². The molecule has 6 rings (SSSR count). The average Bonchev–Trinajstić information content (AvgIpc) is 3.52. The van der Waals surface area contributed by atoms with Crippen molar-refractivity contribution in [1.29, 1.82) is 0 Å². The Bertz CT molecular complexity index is 1690. The van der Waals surface area contributed by atoms with Gasteiger partial charge in [0.15, 0.2) is 11.5 Å². The summed E-state index contributed by atoms with van der Waals surface area (Å²) in [7, 11) is 1.54. The van der Waals surface area contributed by atoms with Crippen LogP contribution >= 0.6 is 0 Å². The summed E-state index contributed by atoms with van der Waals surface area (Å²) in [6, 6.07) is 17.4. The van der Waals surface area contributed by atoms with E-state index in [1.54, 1.807) is 41.3 Å². The lowest BCUT2D eigenvalue weighted by atomic mass is 10.00. The van der Waals surface area contributed by atoms with Crippen molar-refractivity contribution in [1.82, 2.24) is 30.5 Å². The normalized spacial score (nSPS) is 19.2. The molecule has 0 saturated carbocycles. The Morgan fingerprint density at radius 1 is 1.09 bits per heavy atom. The highest BCUT2D eigenvalue weighted by atomic mass is 16.5. The number of likely N-dealkylation sites (tertiary alicyclic amines) is 1. The lowest BCUT2D eigenvalue weighted by Gasteiger charge is -2.39. The third-order valence-corrected chi connectivity index (χ3v) is 7.89. The minimum atomic E-state index is -0.506. The molecule has 2 atom stereocenters. The predicted molar refractivity (Wildman–Crippen MR) is 161 cm³/mol. The van der Waals surface area contributed by atoms with Crippen molar-refractivity contribution in [2.75, 3.05) is 33.3 Å². The van der Waals surface area contributed by atoms with Crippen molar-refractivity contribution in [3.05, 3.63) is 77.4 Å². The summed E-state index contributed by atoms with van der Waals surface area (Å²) in [5.74, 6) is 0.642. The maximum Gasteiger partial charge on any atom is 0.256 e. The van der Waals surface area contributed by atoms with E-state index in [9.17, 15) is 14.4 Å². The summed E-state index contributed by atoms with van der Waals surface area (Å²) in [6.07, 6.45) is 0.647. The molecule has 4 aromatic rings. The van der Waals surface area contributed by atoms with Crippen LogP contribution in [0.4, 0.5) is 0 Å². The maximum atomic E-state index is 13.6. The summed E-state index contributed by atoms with van der Waals surface area (Å²) >= 11 is 0. The number of benzene rings is 3. The first-order chi connectivity index (χ1) is 21.4. The van der Waals surface area contributed by atoms with Crippen LogP contribution in [0, 0.1) is 0 Å². The quantitative estimate of drug-likeness (QED) is 0.364. The van der Waals surface area contributed by atoms with Crippen LogP contribution in [0.5, 0.6) is 17.2 Å². The van der Waals surface area contributed by atoms with Crippen molar-refractivity contribution >= 4 is 28.8 Å². The number of carbonyl (C=O) groups excluding carboxylic acids is 3. The topological polar surface area (TPSA) is 139 Å². The molecule has 4 bridgehead atoms. The zero-order valence-electron chi connectivity index (χ0n) is 24.6. The number of amides is 3. The summed E-state index contributed by atoms with van der Waals surface area (Å²) < 4.78 is 18.1. The molecule has 0 radical (unpaired) electrons. The Morgan fingerprint density at radius 2 is 1.95 bits per heavy atom. The van der Waals surface area contributed by atoms with Crippen LogP contribution in [0.25, 0.3) is 11.0 Å². The van der Waals surface area contributed by atoms with Gasteiger partial charge in [-0.3, -0.25) is 14.4 Å². The highest BCUT2D eigenvalue weighted by Crippen LogP contribution is 2.33. The van der Waals surface area contributed by atoms with Crippen LogP contribution in [0.2, 0.25) is 0 Å². The van der Waals surface area contributed by atoms with Gasteiger partial charge in [0, 0.05) is 25.2 Å². The molecular formula is C32H34N6O6. The third kappa shape index (κ3) is 6.06. The molecule has 1 aromatic heterocycles. The zero-order valence-corrected chi connectivity index (χ0v) is 24.6. The molecule has 44 heavy (non-hydrogen) atoms. The number of hydrogen-bond acceptors (Lipinski definition) is 8. The molecule has 1 saturated heterocycles. The van der Waals surface area contributed by atoms with E-state index in [0.29, 0.717) is 65.3 Å². The first-order valence-corrected chi connectivity index (χ1v) is 14.7. The Balaban J connectivity index is 1.30. The first kappa shape index (κ1) is 29.1. The zero-order chi connectivity index (χ0) is 30.6. The van der Waals surface area contributed by atoms with Gasteiger partial charge in [-0.2, -0.15) is 15.4 Å². The summed E-state index contributed by atoms with van der Waals surface area (Å²) in [4.78, 5) is 43.9. The second-order valence-electron chi connectivity index (χ2n) is 10.9. The number of para-hydroxylation sites is 1. The number of methoxy groups -OCH3 is 1. The monoisotopic (exact) mass is 598 g/mol. The number of aromatic nitrogens is 3. The number of carbonyl (C=O) groups is 3. The van der Waals surface area contributed by atoms with E-state index in [2.05, 4.69) is 20.7 Å². The van der Waals surface area contributed by atoms with Crippen LogP contribution in [-0.4, -0.2) is 88.4 Å². The maximum absolute atomic E-state index is 13.6. The first-order valence-electron chi connectivity index (χ1n) is 14.7. The number of ether oxygens (including phenoxy) is 3. The number of H-pyrrole nitrogens is 1. The van der Waals surface area contributed by atoms with Crippen molar-refractivity contribution in [3.8, 4) is 17.2 Å². The number of fused-ring (bicyclic) bond motifs is 6. The highest BCUT2D eigenvalue weighted by molar-refractivity contribution is 6.04. The lowest BCUT2D eigenvalue weighted by molar-refractivity contribution is -0.124. The van der Waals surface area contributed by atoms with Gasteiger partial charge in [0.1, 0.15) is 16.8 Å². The SMILES string of the molecule is CCCN1CC(=O)N[C@H]2CCN(C(=O)c3cccc4n[nH]nc34)C[C@@H]2OCc2cccc(c2)Oc2cc(ccc2OC)C1=O. The van der Waals surface area contributed by atoms with Gasteiger partial charge in [-0.25, -0.2) is 0 Å². The summed E-state index contributed by atoms with van der Waals surface area (Å²) in [5, 5.41) is 13.9. The molecule has 0 aliphatic carbocycles. The van der Waals surface area contributed by atoms with E-state index in [4.69, 9.17) is 14.2 Å². The molecule has 2 aliphatic heterocycles. The molecule has 0 unspecified atom stereocenters. The van der Waals surface area contributed by atoms with E-state index in [1.807, 2.05) is 31.2 Å². The van der Waals surface area contributed by atoms with Crippen molar-refractivity contribution < 1.29 is 28.6 Å². The van der Waals surface area contributed by atoms with Gasteiger partial charge in [0.2, 0.25) is 5.91 Å². The summed E-state index contributed by atoms with van der Waals surface area (Å²) in [5.41, 5.74) is 2.79. The minimum Gasteiger partial charge on any atom is -0.493 e. The smallest absolute Gasteiger partial charge is 0.256 e. The van der Waals surface area contributed by atoms with Gasteiger partial charge in [-0.15, -0.1) is 0 Å². The molecule has 3 heterocycles. The Labute approximate surface area is 254 Å². The second kappa shape index (κ2) is 12.7. The third-order valence-electron chi connectivity index (χ3n) is 7.89. The molecule has 12 nitrogen and oxygen atoms in total. The van der Waals surface area contributed by atoms with E-state index in [0.717, 1.165) is 5.56 Å². The molecule has 1 fully saturated rings. The summed E-state index contributed by atoms with van der Waals surface area (Å²) in [6.45, 7) is 3.13. The van der Waals surface area contributed by atoms with Crippen LogP contribution in [0.3, 0.4) is 0 Å². The molecule has 0 spiro atoms. The lowest BCUT2D eigenvalue weighted by Crippen LogP contribution is -2.57. The standard InChI is InChI=1S/C32H34N6O6/c1-3-13-37-18-29(39)33-24-12-14-38(32(41)23-8-5-9-25-30(23)35-36-34-25)17-28(24)43-19-20-6-4-7-22(15-20)44-27-16-21(31(37)40)10-11-26(27)42-2/h4-11,15-16,24,28H,3,12-14,17-19H2,1-2H3,(H,33,39)(H,34,35,36)/t24-,28-/m0/s1. The van der Waals surface area contributed by atoms with Gasteiger partial charge in [-0.05, 0) is 60.9 Å². The van der Waals surface area contributed by atoms with Crippen LogP contribution in [0.15, 0.2) is 60.7 Å². The highest BCUT2D eigenvalue weighted by Gasteiger charge is 2.35. The molecule has 3 aromatic carbocycles. The number of aromatic amines is 1. The number of piperidine rings is 1. The fourth-order valence-corrected chi connectivity index (χ4v) is 5.69. The number of nitrogens with one attached hydrogen (secondary N) is 2. The van der Waals surface area contributed by atoms with Gasteiger partial charge >= 0.3 is 0 Å². The van der Waals surface area contributed by atoms with Gasteiger partial charge in [0.25, 0.3) is 11.8 Å². The van der Waals surface area contributed by atoms with E-state index in [-0.39, 0.29) is 43.5 Å². The molecule has 2 N–H and O–H groups in total. The Kier molecular flexibility index (Phi) is 8.42. The van der Waals surface area contributed by atoms with E-state index < -0.39 is 6.10 Å². The predicted octanol–water partition coefficient (Wildman–Crippen LogP) is 3.54. The fourth-order valence-electron chi connectivity index (χ4n) is 5.69. The van der Waals surface area contributed by atoms with Crippen LogP contribution < -0.4 is 14.8 Å². The van der Waals surface area contributed by atoms with Gasteiger partial charge < -0.3 is 29.3 Å². The largest absolute Gasteiger partial charge is 0.493 e. The second-order valence-corrected chi connectivity index (χ2v) is 10.9. The molecule has 12 heteroatoms. The van der Waals surface area contributed by atoms with Gasteiger partial charge in [0.05, 0.1) is 38.0 Å². The fraction of sp³-hybridized carbons (Fsp3) is 0.344. The van der Waals surface area contributed by atoms with E-state index >= 15 is 0 Å². The average molecular weight is 599 g/mol. The van der Waals surface area contributed by atoms with E-state index in [1.165, 1.54) is 12.0 Å². The van der Waals surface area contributed by atoms with Crippen molar-refractivity contribution in [2.24, 2.45) is 0 Å². The Morgan fingerprint density at radius 3 is 2.80 bits per heavy atom. The Hall–Kier alpha value is -4.97. The van der Waals surface area contributed by atoms with Crippen LogP contribution in [0.1, 0.15) is 46.0 Å². The van der Waals surface area contributed by atoms with Gasteiger partial charge in [-0.1, -0.05) is 25.1 Å². The number of nitrogens with zero attached hydrogens (tertiary/aromatic N) is 4. The van der Waals surface area contributed by atoms with Crippen LogP contribution in [-0.2, 0) is 16.1 Å². The minimum absolute atomic E-state index is 0.117. The molecule has 2 aliphatic rings. The molecule has 3 amide bonds. The molecular weight excluding hydrogens is 564 g/mol. The number of hydrogen-bond donors (Lipinski definition) is 2. The van der Waals surface area contributed by atoms with Crippen molar-refractivity contribution in [2.45, 2.75) is 38.5 Å². The number of rotatable bonds is 4. The molecule has 228 valence electrons.